The summed E-state index contributed by atoms with van der Waals surface area (Å²) >= 11 is 1.44. The first-order valence-electron chi connectivity index (χ1n) is 8.73. The molecular weight excluding hydrogens is 406 g/mol. The number of hydrogen-bond donors (Lipinski definition) is 0. The van der Waals surface area contributed by atoms with Crippen molar-refractivity contribution in [3.05, 3.63) is 24.2 Å². The van der Waals surface area contributed by atoms with Gasteiger partial charge in [0.1, 0.15) is 19.5 Å². The van der Waals surface area contributed by atoms with Gasteiger partial charge < -0.3 is 23.8 Å². The van der Waals surface area contributed by atoms with Crippen LogP contribution in [-0.2, 0) is 14.3 Å². The van der Waals surface area contributed by atoms with Gasteiger partial charge in [-0.25, -0.2) is 4.98 Å². The molecule has 1 aromatic heterocycles. The molecule has 28 heavy (non-hydrogen) atoms. The number of anilines is 1. The molecule has 1 aromatic carbocycles. The summed E-state index contributed by atoms with van der Waals surface area (Å²) in [6.07, 6.45) is 2.19. The van der Waals surface area contributed by atoms with Crippen LogP contribution in [0.3, 0.4) is 0 Å². The van der Waals surface area contributed by atoms with Crippen molar-refractivity contribution in [1.82, 2.24) is 9.88 Å². The third-order valence-electron chi connectivity index (χ3n) is 4.19. The lowest BCUT2D eigenvalue weighted by Crippen LogP contribution is -2.36. The minimum Gasteiger partial charge on any atom is -0.494 e. The largest absolute Gasteiger partial charge is 0.494 e. The molecule has 1 amide bonds. The molecule has 2 aliphatic rings. The topological polar surface area (TPSA) is 73.4 Å². The fourth-order valence-corrected chi connectivity index (χ4v) is 3.86. The molecule has 0 saturated heterocycles. The van der Waals surface area contributed by atoms with Gasteiger partial charge in [-0.1, -0.05) is 11.3 Å². The van der Waals surface area contributed by atoms with Crippen LogP contribution in [0.1, 0.15) is 6.42 Å². The monoisotopic (exact) mass is 427 g/mol. The van der Waals surface area contributed by atoms with E-state index in [2.05, 4.69) is 9.88 Å². The van der Waals surface area contributed by atoms with Crippen LogP contribution in [0.25, 0.3) is 10.2 Å². The van der Waals surface area contributed by atoms with E-state index in [0.717, 1.165) is 23.2 Å². The van der Waals surface area contributed by atoms with E-state index in [0.29, 0.717) is 36.4 Å². The van der Waals surface area contributed by atoms with E-state index in [1.54, 1.807) is 4.90 Å². The zero-order valence-electron chi connectivity index (χ0n) is 15.7. The number of hydrogen-bond acceptors (Lipinski definition) is 8. The second kappa shape index (κ2) is 8.85. The first kappa shape index (κ1) is 20.5. The summed E-state index contributed by atoms with van der Waals surface area (Å²) in [5.74, 6) is 1.35. The van der Waals surface area contributed by atoms with Crippen LogP contribution in [0.2, 0.25) is 0 Å². The Labute approximate surface area is 173 Å². The Bertz CT molecular complexity index is 844. The highest BCUT2D eigenvalue weighted by atomic mass is 35.5. The predicted octanol–water partition coefficient (Wildman–Crippen LogP) is 2.62. The fraction of sp³-hybridized carbons (Fsp3) is 0.444. The molecule has 0 unspecified atom stereocenters. The first-order valence-corrected chi connectivity index (χ1v) is 9.55. The van der Waals surface area contributed by atoms with Crippen molar-refractivity contribution in [2.24, 2.45) is 0 Å². The minimum absolute atomic E-state index is 0. The van der Waals surface area contributed by atoms with Crippen molar-refractivity contribution in [2.45, 2.75) is 6.42 Å². The van der Waals surface area contributed by atoms with E-state index < -0.39 is 0 Å². The molecule has 4 rings (SSSR count). The van der Waals surface area contributed by atoms with Gasteiger partial charge in [-0.2, -0.15) is 0 Å². The molecule has 3 heterocycles. The SMILES string of the molecule is CN(C)CCCN(C(=O)C1=COCCO1)c1nc2cc3c(cc2s1)OCO3.Cl. The molecule has 0 spiro atoms. The second-order valence-electron chi connectivity index (χ2n) is 6.48. The maximum atomic E-state index is 13.0. The highest BCUT2D eigenvalue weighted by Crippen LogP contribution is 2.40. The summed E-state index contributed by atoms with van der Waals surface area (Å²) in [5.41, 5.74) is 0.777. The smallest absolute Gasteiger partial charge is 0.298 e. The normalized spacial score (nSPS) is 14.9. The van der Waals surface area contributed by atoms with Crippen molar-refractivity contribution < 1.29 is 23.7 Å². The van der Waals surface area contributed by atoms with Gasteiger partial charge in [0.25, 0.3) is 5.91 Å². The van der Waals surface area contributed by atoms with Gasteiger partial charge in [0.15, 0.2) is 16.6 Å². The molecule has 0 aliphatic carbocycles. The standard InChI is InChI=1S/C18H21N3O5S.ClH/c1-20(2)4-3-5-21(17(22)15-10-23-6-7-24-15)18-19-12-8-13-14(26-11-25-13)9-16(12)27-18;/h8-10H,3-7,11H2,1-2H3;1H. The fourth-order valence-electron chi connectivity index (χ4n) is 2.86. The summed E-state index contributed by atoms with van der Waals surface area (Å²) in [6.45, 7) is 2.43. The molecule has 0 saturated carbocycles. The Morgan fingerprint density at radius 1 is 1.14 bits per heavy atom. The van der Waals surface area contributed by atoms with E-state index in [1.165, 1.54) is 17.6 Å². The van der Waals surface area contributed by atoms with E-state index >= 15 is 0 Å². The van der Waals surface area contributed by atoms with Crippen LogP contribution in [0.5, 0.6) is 11.5 Å². The number of thiazole rings is 1. The minimum atomic E-state index is -0.243. The van der Waals surface area contributed by atoms with Gasteiger partial charge >= 0.3 is 0 Å². The third kappa shape index (κ3) is 4.26. The summed E-state index contributed by atoms with van der Waals surface area (Å²) in [7, 11) is 4.01. The molecule has 0 radical (unpaired) electrons. The van der Waals surface area contributed by atoms with Gasteiger partial charge in [0.05, 0.1) is 10.2 Å². The van der Waals surface area contributed by atoms with Crippen molar-refractivity contribution >= 4 is 45.0 Å². The molecule has 0 atom stereocenters. The first-order chi connectivity index (χ1) is 13.1. The van der Waals surface area contributed by atoms with Gasteiger partial charge in [0.2, 0.25) is 12.6 Å². The maximum absolute atomic E-state index is 13.0. The molecule has 0 bridgehead atoms. The van der Waals surface area contributed by atoms with Gasteiger partial charge in [-0.3, -0.25) is 9.69 Å². The summed E-state index contributed by atoms with van der Waals surface area (Å²) in [4.78, 5) is 21.4. The Balaban J connectivity index is 0.00000225. The number of nitrogens with zero attached hydrogens (tertiary/aromatic N) is 3. The Kier molecular flexibility index (Phi) is 6.48. The zero-order chi connectivity index (χ0) is 18.8. The third-order valence-corrected chi connectivity index (χ3v) is 5.24. The average molecular weight is 428 g/mol. The number of aromatic nitrogens is 1. The predicted molar refractivity (Wildman–Crippen MR) is 109 cm³/mol. The quantitative estimate of drug-likeness (QED) is 0.701. The lowest BCUT2D eigenvalue weighted by Gasteiger charge is -2.23. The Morgan fingerprint density at radius 2 is 1.93 bits per heavy atom. The van der Waals surface area contributed by atoms with Crippen molar-refractivity contribution in [3.8, 4) is 11.5 Å². The average Bonchev–Trinajstić information content (AvgIpc) is 3.28. The van der Waals surface area contributed by atoms with Gasteiger partial charge in [0, 0.05) is 18.7 Å². The highest BCUT2D eigenvalue weighted by molar-refractivity contribution is 7.22. The number of fused-ring (bicyclic) bond motifs is 2. The Morgan fingerprint density at radius 3 is 2.64 bits per heavy atom. The number of ether oxygens (including phenoxy) is 4. The van der Waals surface area contributed by atoms with Crippen molar-refractivity contribution in [1.29, 1.82) is 0 Å². The number of carbonyl (C=O) groups excluding carboxylic acids is 1. The zero-order valence-corrected chi connectivity index (χ0v) is 17.3. The lowest BCUT2D eigenvalue weighted by molar-refractivity contribution is -0.119. The van der Waals surface area contributed by atoms with E-state index in [1.807, 2.05) is 26.2 Å². The summed E-state index contributed by atoms with van der Waals surface area (Å²) < 4.78 is 22.5. The van der Waals surface area contributed by atoms with Crippen LogP contribution < -0.4 is 14.4 Å². The number of halogens is 1. The van der Waals surface area contributed by atoms with Gasteiger partial charge in [-0.15, -0.1) is 12.4 Å². The molecule has 2 aromatic rings. The molecule has 10 heteroatoms. The maximum Gasteiger partial charge on any atom is 0.298 e. The summed E-state index contributed by atoms with van der Waals surface area (Å²) in [6, 6.07) is 3.75. The molecular formula is C18H22ClN3O5S. The van der Waals surface area contributed by atoms with Crippen LogP contribution >= 0.6 is 23.7 Å². The van der Waals surface area contributed by atoms with Crippen molar-refractivity contribution in [2.75, 3.05) is 52.1 Å². The van der Waals surface area contributed by atoms with Crippen LogP contribution in [0, 0.1) is 0 Å². The van der Waals surface area contributed by atoms with Gasteiger partial charge in [-0.05, 0) is 27.1 Å². The second-order valence-corrected chi connectivity index (χ2v) is 7.49. The number of benzene rings is 1. The number of rotatable bonds is 6. The van der Waals surface area contributed by atoms with Crippen LogP contribution in [0.15, 0.2) is 24.2 Å². The van der Waals surface area contributed by atoms with E-state index in [9.17, 15) is 4.79 Å². The van der Waals surface area contributed by atoms with Crippen molar-refractivity contribution in [3.63, 3.8) is 0 Å². The number of amides is 1. The van der Waals surface area contributed by atoms with E-state index in [-0.39, 0.29) is 30.9 Å². The van der Waals surface area contributed by atoms with Crippen LogP contribution in [0.4, 0.5) is 5.13 Å². The van der Waals surface area contributed by atoms with Crippen LogP contribution in [-0.4, -0.2) is 63.0 Å². The summed E-state index contributed by atoms with van der Waals surface area (Å²) in [5, 5.41) is 0.618. The number of carbonyl (C=O) groups is 1. The molecule has 0 N–H and O–H groups in total. The highest BCUT2D eigenvalue weighted by Gasteiger charge is 2.27. The molecule has 152 valence electrons. The molecule has 0 fully saturated rings. The molecule has 8 nitrogen and oxygen atoms in total. The van der Waals surface area contributed by atoms with E-state index in [4.69, 9.17) is 18.9 Å². The Hall–Kier alpha value is -2.23. The molecule has 2 aliphatic heterocycles. The lowest BCUT2D eigenvalue weighted by atomic mass is 10.3.